The van der Waals surface area contributed by atoms with Gasteiger partial charge in [-0.25, -0.2) is 4.79 Å². The van der Waals surface area contributed by atoms with Crippen LogP contribution in [0.15, 0.2) is 55.1 Å². The van der Waals surface area contributed by atoms with Gasteiger partial charge in [0.15, 0.2) is 11.5 Å². The fourth-order valence-corrected chi connectivity index (χ4v) is 1.94. The van der Waals surface area contributed by atoms with Gasteiger partial charge in [0.05, 0.1) is 14.2 Å². The van der Waals surface area contributed by atoms with E-state index in [4.69, 9.17) is 18.9 Å². The minimum Gasteiger partial charge on any atom is -0.493 e. The maximum Gasteiger partial charge on any atom is 0.335 e. The molecule has 0 spiro atoms. The quantitative estimate of drug-likeness (QED) is 0.445. The summed E-state index contributed by atoms with van der Waals surface area (Å²) < 4.78 is 21.5. The minimum atomic E-state index is -0.563. The Hall–Kier alpha value is -2.95. The molecule has 0 amide bonds. The van der Waals surface area contributed by atoms with Crippen molar-refractivity contribution in [1.29, 1.82) is 0 Å². The van der Waals surface area contributed by atoms with Gasteiger partial charge < -0.3 is 18.9 Å². The molecule has 2 rings (SSSR count). The van der Waals surface area contributed by atoms with Crippen molar-refractivity contribution < 1.29 is 23.7 Å². The SMILES string of the molecule is C=CC(=O)Oc1cc(OC)c(OCc2ccccc2)c(OC)c1. The molecule has 0 N–H and O–H groups in total. The van der Waals surface area contributed by atoms with E-state index in [1.807, 2.05) is 30.3 Å². The van der Waals surface area contributed by atoms with Crippen LogP contribution in [0.5, 0.6) is 23.0 Å². The van der Waals surface area contributed by atoms with Gasteiger partial charge in [0.1, 0.15) is 12.4 Å². The van der Waals surface area contributed by atoms with Gasteiger partial charge in [-0.3, -0.25) is 0 Å². The van der Waals surface area contributed by atoms with Crippen LogP contribution in [0.2, 0.25) is 0 Å². The molecule has 2 aromatic rings. The van der Waals surface area contributed by atoms with Crippen molar-refractivity contribution >= 4 is 5.97 Å². The molecule has 0 unspecified atom stereocenters. The van der Waals surface area contributed by atoms with Gasteiger partial charge in [0.25, 0.3) is 0 Å². The van der Waals surface area contributed by atoms with E-state index in [0.717, 1.165) is 11.6 Å². The largest absolute Gasteiger partial charge is 0.493 e. The lowest BCUT2D eigenvalue weighted by Crippen LogP contribution is -2.05. The van der Waals surface area contributed by atoms with Crippen LogP contribution >= 0.6 is 0 Å². The van der Waals surface area contributed by atoms with Crippen molar-refractivity contribution in [1.82, 2.24) is 0 Å². The molecule has 0 aliphatic rings. The van der Waals surface area contributed by atoms with E-state index in [1.54, 1.807) is 12.1 Å². The molecule has 5 nitrogen and oxygen atoms in total. The topological polar surface area (TPSA) is 54.0 Å². The van der Waals surface area contributed by atoms with E-state index in [0.29, 0.717) is 23.9 Å². The monoisotopic (exact) mass is 314 g/mol. The Balaban J connectivity index is 2.26. The number of methoxy groups -OCH3 is 2. The third-order valence-corrected chi connectivity index (χ3v) is 3.05. The molecule has 23 heavy (non-hydrogen) atoms. The molecular weight excluding hydrogens is 296 g/mol. The zero-order valence-electron chi connectivity index (χ0n) is 13.1. The zero-order valence-corrected chi connectivity index (χ0v) is 13.1. The highest BCUT2D eigenvalue weighted by Crippen LogP contribution is 2.41. The molecule has 0 aromatic heterocycles. The summed E-state index contributed by atoms with van der Waals surface area (Å²) in [5, 5.41) is 0. The highest BCUT2D eigenvalue weighted by Gasteiger charge is 2.16. The number of benzene rings is 2. The summed E-state index contributed by atoms with van der Waals surface area (Å²) in [7, 11) is 3.01. The predicted molar refractivity (Wildman–Crippen MR) is 86.2 cm³/mol. The van der Waals surface area contributed by atoms with Crippen LogP contribution in [0.25, 0.3) is 0 Å². The Kier molecular flexibility index (Phi) is 5.63. The Morgan fingerprint density at radius 2 is 1.70 bits per heavy atom. The number of hydrogen-bond acceptors (Lipinski definition) is 5. The van der Waals surface area contributed by atoms with Gasteiger partial charge in [0, 0.05) is 18.2 Å². The normalized spacial score (nSPS) is 9.83. The Bertz CT molecular complexity index is 654. The molecular formula is C18H18O5. The summed E-state index contributed by atoms with van der Waals surface area (Å²) >= 11 is 0. The molecule has 0 aliphatic heterocycles. The zero-order chi connectivity index (χ0) is 16.7. The van der Waals surface area contributed by atoms with Crippen LogP contribution in [0, 0.1) is 0 Å². The minimum absolute atomic E-state index is 0.288. The summed E-state index contributed by atoms with van der Waals surface area (Å²) in [5.41, 5.74) is 1.01. The third-order valence-electron chi connectivity index (χ3n) is 3.05. The van der Waals surface area contributed by atoms with Crippen molar-refractivity contribution in [3.63, 3.8) is 0 Å². The molecule has 0 bridgehead atoms. The second kappa shape index (κ2) is 7.89. The van der Waals surface area contributed by atoms with Crippen molar-refractivity contribution in [3.8, 4) is 23.0 Å². The first kappa shape index (κ1) is 16.4. The van der Waals surface area contributed by atoms with Gasteiger partial charge in [0.2, 0.25) is 5.75 Å². The Morgan fingerprint density at radius 3 is 2.22 bits per heavy atom. The van der Waals surface area contributed by atoms with Crippen LogP contribution in [-0.4, -0.2) is 20.2 Å². The molecule has 2 aromatic carbocycles. The second-order valence-electron chi connectivity index (χ2n) is 4.56. The van der Waals surface area contributed by atoms with Gasteiger partial charge in [-0.15, -0.1) is 0 Å². The molecule has 0 aliphatic carbocycles. The number of rotatable bonds is 7. The lowest BCUT2D eigenvalue weighted by Gasteiger charge is -2.16. The van der Waals surface area contributed by atoms with E-state index in [-0.39, 0.29) is 5.75 Å². The van der Waals surface area contributed by atoms with Crippen LogP contribution in [0.1, 0.15) is 5.56 Å². The van der Waals surface area contributed by atoms with E-state index in [9.17, 15) is 4.79 Å². The summed E-state index contributed by atoms with van der Waals surface area (Å²) in [6.45, 7) is 3.72. The average molecular weight is 314 g/mol. The Labute approximate surface area is 135 Å². The number of ether oxygens (including phenoxy) is 4. The highest BCUT2D eigenvalue weighted by molar-refractivity contribution is 5.83. The lowest BCUT2D eigenvalue weighted by atomic mass is 10.2. The molecule has 0 fully saturated rings. The second-order valence-corrected chi connectivity index (χ2v) is 4.56. The molecule has 5 heteroatoms. The van der Waals surface area contributed by atoms with E-state index >= 15 is 0 Å². The van der Waals surface area contributed by atoms with Crippen LogP contribution in [-0.2, 0) is 11.4 Å². The van der Waals surface area contributed by atoms with Crippen LogP contribution in [0.3, 0.4) is 0 Å². The summed E-state index contributed by atoms with van der Waals surface area (Å²) in [4.78, 5) is 11.3. The van der Waals surface area contributed by atoms with Gasteiger partial charge in [-0.1, -0.05) is 36.9 Å². The maximum atomic E-state index is 11.3. The molecule has 0 heterocycles. The fourth-order valence-electron chi connectivity index (χ4n) is 1.94. The standard InChI is InChI=1S/C18H18O5/c1-4-17(19)23-14-10-15(20-2)18(16(11-14)21-3)22-12-13-8-6-5-7-9-13/h4-11H,1,12H2,2-3H3. The van der Waals surface area contributed by atoms with Crippen molar-refractivity contribution in [2.75, 3.05) is 14.2 Å². The van der Waals surface area contributed by atoms with Crippen molar-refractivity contribution in [3.05, 3.63) is 60.7 Å². The number of esters is 1. The number of hydrogen-bond donors (Lipinski definition) is 0. The third kappa shape index (κ3) is 4.26. The van der Waals surface area contributed by atoms with Crippen LogP contribution < -0.4 is 18.9 Å². The smallest absolute Gasteiger partial charge is 0.335 e. The molecule has 0 saturated heterocycles. The average Bonchev–Trinajstić information content (AvgIpc) is 2.60. The first-order valence-electron chi connectivity index (χ1n) is 6.95. The summed E-state index contributed by atoms with van der Waals surface area (Å²) in [6.07, 6.45) is 1.08. The van der Waals surface area contributed by atoms with Gasteiger partial charge in [-0.2, -0.15) is 0 Å². The molecule has 0 saturated carbocycles. The lowest BCUT2D eigenvalue weighted by molar-refractivity contribution is -0.128. The predicted octanol–water partition coefficient (Wildman–Crippen LogP) is 3.37. The fraction of sp³-hybridized carbons (Fsp3) is 0.167. The van der Waals surface area contributed by atoms with E-state index in [1.165, 1.54) is 14.2 Å². The molecule has 0 radical (unpaired) electrons. The first-order chi connectivity index (χ1) is 11.2. The van der Waals surface area contributed by atoms with Gasteiger partial charge in [-0.05, 0) is 5.56 Å². The molecule has 0 atom stereocenters. The number of carbonyl (C=O) groups is 1. The maximum absolute atomic E-state index is 11.3. The van der Waals surface area contributed by atoms with E-state index in [2.05, 4.69) is 6.58 Å². The summed E-state index contributed by atoms with van der Waals surface area (Å²) in [6, 6.07) is 12.8. The van der Waals surface area contributed by atoms with Crippen LogP contribution in [0.4, 0.5) is 0 Å². The number of carbonyl (C=O) groups excluding carboxylic acids is 1. The first-order valence-corrected chi connectivity index (χ1v) is 6.95. The van der Waals surface area contributed by atoms with Gasteiger partial charge >= 0.3 is 5.97 Å². The highest BCUT2D eigenvalue weighted by atomic mass is 16.5. The van der Waals surface area contributed by atoms with Crippen molar-refractivity contribution in [2.24, 2.45) is 0 Å². The summed E-state index contributed by atoms with van der Waals surface area (Å²) in [5.74, 6) is 0.985. The Morgan fingerprint density at radius 1 is 1.09 bits per heavy atom. The van der Waals surface area contributed by atoms with Crippen molar-refractivity contribution in [2.45, 2.75) is 6.61 Å². The van der Waals surface area contributed by atoms with E-state index < -0.39 is 5.97 Å². The molecule has 120 valence electrons.